The minimum Gasteiger partial charge on any atom is -0.379 e. The first-order chi connectivity index (χ1) is 9.85. The summed E-state index contributed by atoms with van der Waals surface area (Å²) in [5.41, 5.74) is 5.49. The molecule has 7 heteroatoms. The molecule has 3 rings (SSSR count). The Bertz CT molecular complexity index is 419. The van der Waals surface area contributed by atoms with Crippen LogP contribution in [0.4, 0.5) is 0 Å². The molecule has 7 nitrogen and oxygen atoms in total. The Labute approximate surface area is 119 Å². The van der Waals surface area contributed by atoms with Gasteiger partial charge in [0.2, 0.25) is 5.89 Å². The molecule has 0 saturated carbocycles. The molecule has 0 radical (unpaired) electrons. The predicted molar refractivity (Wildman–Crippen MR) is 72.9 cm³/mol. The van der Waals surface area contributed by atoms with E-state index in [1.807, 2.05) is 0 Å². The standard InChI is InChI=1S/C13H23N5O2/c14-8-13-15-12(16-20-13)10-18-3-1-2-11(18)9-17-4-6-19-7-5-17/h11H,1-10,14H2. The van der Waals surface area contributed by atoms with Crippen molar-refractivity contribution < 1.29 is 9.26 Å². The lowest BCUT2D eigenvalue weighted by molar-refractivity contribution is 0.0259. The van der Waals surface area contributed by atoms with Gasteiger partial charge in [-0.2, -0.15) is 4.98 Å². The molecule has 2 fully saturated rings. The number of rotatable bonds is 5. The van der Waals surface area contributed by atoms with Crippen LogP contribution in [-0.2, 0) is 17.8 Å². The maximum Gasteiger partial charge on any atom is 0.240 e. The quantitative estimate of drug-likeness (QED) is 0.802. The summed E-state index contributed by atoms with van der Waals surface area (Å²) in [4.78, 5) is 9.25. The van der Waals surface area contributed by atoms with E-state index in [0.29, 0.717) is 18.5 Å². The van der Waals surface area contributed by atoms with E-state index in [0.717, 1.165) is 51.8 Å². The van der Waals surface area contributed by atoms with Crippen LogP contribution in [0, 0.1) is 0 Å². The number of morpholine rings is 1. The Morgan fingerprint density at radius 2 is 2.10 bits per heavy atom. The van der Waals surface area contributed by atoms with Crippen LogP contribution < -0.4 is 5.73 Å². The molecule has 112 valence electrons. The van der Waals surface area contributed by atoms with Crippen molar-refractivity contribution in [1.29, 1.82) is 0 Å². The summed E-state index contributed by atoms with van der Waals surface area (Å²) in [5.74, 6) is 1.27. The number of ether oxygens (including phenoxy) is 1. The second-order valence-corrected chi connectivity index (χ2v) is 5.49. The summed E-state index contributed by atoms with van der Waals surface area (Å²) in [5, 5.41) is 3.99. The van der Waals surface area contributed by atoms with Gasteiger partial charge in [0.05, 0.1) is 26.3 Å². The van der Waals surface area contributed by atoms with E-state index in [-0.39, 0.29) is 0 Å². The number of nitrogens with two attached hydrogens (primary N) is 1. The van der Waals surface area contributed by atoms with Crippen molar-refractivity contribution in [3.8, 4) is 0 Å². The molecular formula is C13H23N5O2. The number of hydrogen-bond acceptors (Lipinski definition) is 7. The highest BCUT2D eigenvalue weighted by Crippen LogP contribution is 2.20. The van der Waals surface area contributed by atoms with Gasteiger partial charge in [0.25, 0.3) is 0 Å². The van der Waals surface area contributed by atoms with Crippen LogP contribution in [0.1, 0.15) is 24.6 Å². The van der Waals surface area contributed by atoms with Crippen molar-refractivity contribution in [2.24, 2.45) is 5.73 Å². The van der Waals surface area contributed by atoms with Gasteiger partial charge in [-0.15, -0.1) is 0 Å². The Balaban J connectivity index is 1.54. The summed E-state index contributed by atoms with van der Waals surface area (Å²) in [6, 6.07) is 0.591. The largest absolute Gasteiger partial charge is 0.379 e. The third-order valence-electron chi connectivity index (χ3n) is 4.10. The summed E-state index contributed by atoms with van der Waals surface area (Å²) in [7, 11) is 0. The Hall–Kier alpha value is -1.02. The number of nitrogens with zero attached hydrogens (tertiary/aromatic N) is 4. The second kappa shape index (κ2) is 6.62. The van der Waals surface area contributed by atoms with E-state index >= 15 is 0 Å². The highest BCUT2D eigenvalue weighted by molar-refractivity contribution is 4.90. The van der Waals surface area contributed by atoms with Gasteiger partial charge >= 0.3 is 0 Å². The molecule has 2 aliphatic rings. The molecule has 3 heterocycles. The maximum absolute atomic E-state index is 5.49. The molecule has 2 saturated heterocycles. The lowest BCUT2D eigenvalue weighted by Crippen LogP contribution is -2.44. The summed E-state index contributed by atoms with van der Waals surface area (Å²) in [6.07, 6.45) is 2.50. The van der Waals surface area contributed by atoms with E-state index < -0.39 is 0 Å². The lowest BCUT2D eigenvalue weighted by Gasteiger charge is -2.32. The van der Waals surface area contributed by atoms with E-state index in [1.165, 1.54) is 12.8 Å². The molecule has 2 N–H and O–H groups in total. The van der Waals surface area contributed by atoms with Gasteiger partial charge < -0.3 is 15.0 Å². The van der Waals surface area contributed by atoms with Crippen LogP contribution in [0.25, 0.3) is 0 Å². The van der Waals surface area contributed by atoms with Gasteiger partial charge in [-0.3, -0.25) is 9.80 Å². The molecule has 0 aliphatic carbocycles. The van der Waals surface area contributed by atoms with E-state index in [9.17, 15) is 0 Å². The molecule has 1 aromatic rings. The van der Waals surface area contributed by atoms with Crippen LogP contribution in [0.15, 0.2) is 4.52 Å². The zero-order chi connectivity index (χ0) is 13.8. The highest BCUT2D eigenvalue weighted by atomic mass is 16.5. The molecule has 2 aliphatic heterocycles. The molecule has 0 aromatic carbocycles. The van der Waals surface area contributed by atoms with E-state index in [4.69, 9.17) is 15.0 Å². The zero-order valence-electron chi connectivity index (χ0n) is 11.8. The van der Waals surface area contributed by atoms with Crippen molar-refractivity contribution in [3.63, 3.8) is 0 Å². The van der Waals surface area contributed by atoms with Crippen molar-refractivity contribution in [3.05, 3.63) is 11.7 Å². The third-order valence-corrected chi connectivity index (χ3v) is 4.10. The van der Waals surface area contributed by atoms with Crippen molar-refractivity contribution in [2.45, 2.75) is 32.0 Å². The predicted octanol–water partition coefficient (Wildman–Crippen LogP) is -0.175. The van der Waals surface area contributed by atoms with Crippen LogP contribution in [0.3, 0.4) is 0 Å². The Morgan fingerprint density at radius 1 is 1.25 bits per heavy atom. The molecule has 1 atom stereocenters. The molecule has 0 spiro atoms. The first-order valence-corrected chi connectivity index (χ1v) is 7.41. The monoisotopic (exact) mass is 281 g/mol. The van der Waals surface area contributed by atoms with Crippen LogP contribution >= 0.6 is 0 Å². The summed E-state index contributed by atoms with van der Waals surface area (Å²) < 4.78 is 10.5. The fraction of sp³-hybridized carbons (Fsp3) is 0.846. The Kier molecular flexibility index (Phi) is 4.62. The van der Waals surface area contributed by atoms with Gasteiger partial charge in [-0.25, -0.2) is 0 Å². The van der Waals surface area contributed by atoms with Gasteiger partial charge in [-0.05, 0) is 19.4 Å². The number of likely N-dealkylation sites (tertiary alicyclic amines) is 1. The summed E-state index contributed by atoms with van der Waals surface area (Å²) >= 11 is 0. The van der Waals surface area contributed by atoms with Crippen LogP contribution in [0.2, 0.25) is 0 Å². The van der Waals surface area contributed by atoms with Gasteiger partial charge in [0.1, 0.15) is 0 Å². The first kappa shape index (κ1) is 13.9. The molecular weight excluding hydrogens is 258 g/mol. The van der Waals surface area contributed by atoms with E-state index in [1.54, 1.807) is 0 Å². The average Bonchev–Trinajstić information content (AvgIpc) is 3.10. The fourth-order valence-corrected chi connectivity index (χ4v) is 3.01. The molecule has 0 bridgehead atoms. The Morgan fingerprint density at radius 3 is 2.85 bits per heavy atom. The molecule has 1 unspecified atom stereocenters. The fourth-order valence-electron chi connectivity index (χ4n) is 3.01. The highest BCUT2D eigenvalue weighted by Gasteiger charge is 2.28. The van der Waals surface area contributed by atoms with E-state index in [2.05, 4.69) is 19.9 Å². The van der Waals surface area contributed by atoms with Gasteiger partial charge in [0, 0.05) is 25.7 Å². The number of aromatic nitrogens is 2. The SMILES string of the molecule is NCc1nc(CN2CCCC2CN2CCOCC2)no1. The van der Waals surface area contributed by atoms with Crippen molar-refractivity contribution in [1.82, 2.24) is 19.9 Å². The third kappa shape index (κ3) is 3.35. The number of hydrogen-bond donors (Lipinski definition) is 1. The van der Waals surface area contributed by atoms with Gasteiger partial charge in [-0.1, -0.05) is 5.16 Å². The topological polar surface area (TPSA) is 80.7 Å². The molecule has 20 heavy (non-hydrogen) atoms. The van der Waals surface area contributed by atoms with Gasteiger partial charge in [0.15, 0.2) is 5.82 Å². The first-order valence-electron chi connectivity index (χ1n) is 7.41. The maximum atomic E-state index is 5.49. The molecule has 1 aromatic heterocycles. The van der Waals surface area contributed by atoms with Crippen molar-refractivity contribution >= 4 is 0 Å². The molecule has 0 amide bonds. The minimum atomic E-state index is 0.310. The summed E-state index contributed by atoms with van der Waals surface area (Å²) in [6.45, 7) is 7.11. The lowest BCUT2D eigenvalue weighted by atomic mass is 10.2. The second-order valence-electron chi connectivity index (χ2n) is 5.49. The zero-order valence-corrected chi connectivity index (χ0v) is 11.8. The van der Waals surface area contributed by atoms with Crippen molar-refractivity contribution in [2.75, 3.05) is 39.4 Å². The van der Waals surface area contributed by atoms with Crippen LogP contribution in [0.5, 0.6) is 0 Å². The average molecular weight is 281 g/mol. The smallest absolute Gasteiger partial charge is 0.240 e. The minimum absolute atomic E-state index is 0.310. The van der Waals surface area contributed by atoms with Crippen LogP contribution in [-0.4, -0.2) is 65.4 Å². The normalized spacial score (nSPS) is 25.4.